The molecule has 10 heteroatoms. The molecule has 254 valence electrons. The SMILES string of the molecule is CCCCC(CCc1cccc(C[I-][N+](C)(C)C)c1)C(=O)CN1C[C@H](c2ccc3c(c2)OCO3)[C@@H](C(=O)O)[C@@H]1CCc1ccncn1. The second kappa shape index (κ2) is 16.3. The van der Waals surface area contributed by atoms with Crippen molar-refractivity contribution in [3.63, 3.8) is 0 Å². The fraction of sp³-hybridized carbons (Fsp3) is 0.514. The average molecular weight is 757 g/mol. The molecule has 0 bridgehead atoms. The zero-order chi connectivity index (χ0) is 33.4. The molecule has 1 N–H and O–H groups in total. The van der Waals surface area contributed by atoms with Gasteiger partial charge in [-0.2, -0.15) is 0 Å². The van der Waals surface area contributed by atoms with Crippen molar-refractivity contribution >= 4 is 11.8 Å². The smallest absolute Gasteiger partial charge is 0.245 e. The van der Waals surface area contributed by atoms with Gasteiger partial charge < -0.3 is 14.6 Å². The fourth-order valence-electron chi connectivity index (χ4n) is 6.80. The van der Waals surface area contributed by atoms with E-state index >= 15 is 0 Å². The van der Waals surface area contributed by atoms with Crippen molar-refractivity contribution in [3.05, 3.63) is 83.4 Å². The van der Waals surface area contributed by atoms with Crippen molar-refractivity contribution in [3.8, 4) is 11.5 Å². The summed E-state index contributed by atoms with van der Waals surface area (Å²) in [6.45, 7) is 3.07. The van der Waals surface area contributed by atoms with Gasteiger partial charge in [0.2, 0.25) is 6.79 Å². The van der Waals surface area contributed by atoms with Gasteiger partial charge in [0.1, 0.15) is 6.33 Å². The second-order valence-electron chi connectivity index (χ2n) is 13.6. The molecule has 0 radical (unpaired) electrons. The predicted octanol–water partition coefficient (Wildman–Crippen LogP) is 2.53. The predicted molar refractivity (Wildman–Crippen MR) is 177 cm³/mol. The number of hydrogen-bond acceptors (Lipinski definition) is 7. The van der Waals surface area contributed by atoms with E-state index in [9.17, 15) is 14.7 Å². The van der Waals surface area contributed by atoms with Gasteiger partial charge in [-0.3, -0.25) is 4.79 Å². The molecule has 2 aromatic carbocycles. The summed E-state index contributed by atoms with van der Waals surface area (Å²) in [6.07, 6.45) is 9.00. The number of carbonyl (C=O) groups excluding carboxylic acids is 1. The number of quaternary nitrogens is 1. The molecule has 0 aliphatic carbocycles. The minimum Gasteiger partial charge on any atom is -0.245 e. The normalized spacial score (nSPS) is 20.0. The molecule has 0 spiro atoms. The van der Waals surface area contributed by atoms with Gasteiger partial charge in [0.05, 0.1) is 0 Å². The van der Waals surface area contributed by atoms with Gasteiger partial charge in [0.15, 0.2) is 11.5 Å². The zero-order valence-corrected chi connectivity index (χ0v) is 30.3. The Morgan fingerprint density at radius 1 is 1.04 bits per heavy atom. The number of benzene rings is 2. The number of aryl methyl sites for hydroxylation is 2. The molecule has 0 amide bonds. The van der Waals surface area contributed by atoms with E-state index in [2.05, 4.69) is 67.2 Å². The Balaban J connectivity index is 1.33. The van der Waals surface area contributed by atoms with Crippen LogP contribution in [0.5, 0.6) is 11.5 Å². The number of ether oxygens (including phenoxy) is 2. The summed E-state index contributed by atoms with van der Waals surface area (Å²) in [7, 11) is 6.79. The van der Waals surface area contributed by atoms with Crippen LogP contribution in [-0.2, 0) is 26.9 Å². The summed E-state index contributed by atoms with van der Waals surface area (Å²) in [4.78, 5) is 37.7. The van der Waals surface area contributed by atoms with E-state index in [1.807, 2.05) is 24.3 Å². The molecule has 9 nitrogen and oxygen atoms in total. The number of halogens is 1. The van der Waals surface area contributed by atoms with Gasteiger partial charge in [-0.1, -0.05) is 6.07 Å². The van der Waals surface area contributed by atoms with Crippen LogP contribution in [-0.4, -0.2) is 81.5 Å². The minimum atomic E-state index is -0.842. The number of unbranched alkanes of at least 4 members (excludes halogenated alkanes) is 1. The first-order valence-electron chi connectivity index (χ1n) is 16.8. The minimum absolute atomic E-state index is 0.00140. The summed E-state index contributed by atoms with van der Waals surface area (Å²) < 4.78 is 13.3. The Kier molecular flexibility index (Phi) is 12.2. The first-order chi connectivity index (χ1) is 22.6. The third-order valence-corrected chi connectivity index (χ3v) is 12.5. The van der Waals surface area contributed by atoms with Crippen LogP contribution in [0.4, 0.5) is 0 Å². The Morgan fingerprint density at radius 2 is 1.85 bits per heavy atom. The Hall–Kier alpha value is -3.09. The maximum atomic E-state index is 14.2. The van der Waals surface area contributed by atoms with Crippen LogP contribution in [0.1, 0.15) is 67.3 Å². The van der Waals surface area contributed by atoms with Crippen LogP contribution < -0.4 is 31.0 Å². The Bertz CT molecular complexity index is 1500. The van der Waals surface area contributed by atoms with Gasteiger partial charge in [-0.05, 0) is 30.2 Å². The van der Waals surface area contributed by atoms with Gasteiger partial charge in [-0.15, -0.1) is 0 Å². The molecular weight excluding hydrogens is 707 g/mol. The van der Waals surface area contributed by atoms with E-state index in [0.29, 0.717) is 30.9 Å². The Labute approximate surface area is 289 Å². The number of carboxylic acid groups (broad SMARTS) is 1. The third kappa shape index (κ3) is 9.73. The van der Waals surface area contributed by atoms with Crippen molar-refractivity contribution in [2.24, 2.45) is 11.8 Å². The molecule has 2 aliphatic rings. The second-order valence-corrected chi connectivity index (χ2v) is 17.9. The summed E-state index contributed by atoms with van der Waals surface area (Å²) in [6, 6.07) is 16.2. The summed E-state index contributed by atoms with van der Waals surface area (Å²) in [5.41, 5.74) is 4.45. The van der Waals surface area contributed by atoms with Gasteiger partial charge in [-0.25, -0.2) is 9.97 Å². The number of aliphatic carboxylic acids is 1. The first-order valence-corrected chi connectivity index (χ1v) is 19.2. The van der Waals surface area contributed by atoms with Crippen LogP contribution in [0.2, 0.25) is 0 Å². The molecule has 47 heavy (non-hydrogen) atoms. The van der Waals surface area contributed by atoms with Crippen molar-refractivity contribution in [2.45, 2.75) is 68.3 Å². The van der Waals surface area contributed by atoms with Gasteiger partial charge >= 0.3 is 189 Å². The van der Waals surface area contributed by atoms with E-state index in [0.717, 1.165) is 50.5 Å². The molecule has 1 unspecified atom stereocenters. The van der Waals surface area contributed by atoms with Gasteiger partial charge in [0, 0.05) is 11.9 Å². The standard InChI is InChI=1S/C37H49IN4O5/c1-5-6-10-28(12-11-26-8-7-9-27(19-26)21-38-42(2,3)4)33(43)23-41-22-31(29-13-16-34-35(20-29)47-25-46-34)36(37(44)45)32(41)15-14-30-17-18-39-24-40-30/h7-9,13,16-20,24,28,31-32,36H,5-6,10-12,14-15,21-23,25H2,1-4H3,(H,44,45)/t28?,31-,32+,36-/m1/s1. The van der Waals surface area contributed by atoms with Crippen molar-refractivity contribution in [1.82, 2.24) is 14.9 Å². The van der Waals surface area contributed by atoms with Crippen molar-refractivity contribution < 1.29 is 48.3 Å². The average Bonchev–Trinajstić information content (AvgIpc) is 3.67. The number of alkyl halides is 1. The van der Waals surface area contributed by atoms with E-state index in [1.54, 1.807) is 6.20 Å². The van der Waals surface area contributed by atoms with Crippen molar-refractivity contribution in [2.75, 3.05) is 41.0 Å². The van der Waals surface area contributed by atoms with Gasteiger partial charge in [0.25, 0.3) is 0 Å². The van der Waals surface area contributed by atoms with Crippen molar-refractivity contribution in [1.29, 1.82) is 0 Å². The fourth-order valence-corrected chi connectivity index (χ4v) is 8.69. The molecule has 3 aromatic rings. The number of carboxylic acids is 1. The van der Waals surface area contributed by atoms with E-state index in [4.69, 9.17) is 9.47 Å². The van der Waals surface area contributed by atoms with Crippen LogP contribution in [0.15, 0.2) is 61.1 Å². The maximum absolute atomic E-state index is 14.2. The number of carbonyl (C=O) groups is 2. The number of hydrogen-bond donors (Lipinski definition) is 1. The molecule has 1 fully saturated rings. The summed E-state index contributed by atoms with van der Waals surface area (Å²) >= 11 is 0.00140. The summed E-state index contributed by atoms with van der Waals surface area (Å²) in [5, 5.41) is 10.6. The number of Topliss-reactive ketones (excluding diaryl/α,β-unsaturated/α-hetero) is 1. The van der Waals surface area contributed by atoms with E-state index in [-0.39, 0.29) is 58.5 Å². The van der Waals surface area contributed by atoms with Crippen LogP contribution in [0, 0.1) is 11.8 Å². The zero-order valence-electron chi connectivity index (χ0n) is 28.1. The number of rotatable bonds is 17. The Morgan fingerprint density at radius 3 is 2.60 bits per heavy atom. The molecule has 3 heterocycles. The van der Waals surface area contributed by atoms with E-state index < -0.39 is 11.9 Å². The molecular formula is C37H49IN4O5. The molecule has 4 atom stereocenters. The molecule has 2 aliphatic heterocycles. The molecule has 1 saturated heterocycles. The quantitative estimate of drug-likeness (QED) is 0.128. The van der Waals surface area contributed by atoms with Crippen LogP contribution in [0.25, 0.3) is 0 Å². The first kappa shape index (κ1) is 35.2. The summed E-state index contributed by atoms with van der Waals surface area (Å²) in [5.74, 6) is -0.328. The van der Waals surface area contributed by atoms with E-state index in [1.165, 1.54) is 17.5 Å². The molecule has 0 saturated carbocycles. The topological polar surface area (TPSA) is 102 Å². The number of ketones is 1. The van der Waals surface area contributed by atoms with Crippen LogP contribution in [0.3, 0.4) is 0 Å². The number of likely N-dealkylation sites (tertiary alicyclic amines) is 1. The van der Waals surface area contributed by atoms with Crippen LogP contribution >= 0.6 is 0 Å². The monoisotopic (exact) mass is 756 g/mol. The molecule has 5 rings (SSSR count). The number of nitrogens with zero attached hydrogens (tertiary/aromatic N) is 4. The third-order valence-electron chi connectivity index (χ3n) is 9.26. The number of aromatic nitrogens is 2. The number of fused-ring (bicyclic) bond motifs is 1. The molecule has 1 aromatic heterocycles.